The standard InChI is InChI=1S/C13H12FNO/c1-15(13(14)16)9-11-7-4-6-10-5-2-3-8-12(10)11/h2-8H,9H2,1H3. The number of carbonyl (C=O) groups is 1. The zero-order chi connectivity index (χ0) is 11.5. The van der Waals surface area contributed by atoms with Crippen molar-refractivity contribution in [2.24, 2.45) is 0 Å². The van der Waals surface area contributed by atoms with Gasteiger partial charge >= 0.3 is 6.16 Å². The average molecular weight is 217 g/mol. The third kappa shape index (κ3) is 2.03. The van der Waals surface area contributed by atoms with Gasteiger partial charge < -0.3 is 4.90 Å². The molecule has 82 valence electrons. The minimum Gasteiger partial charge on any atom is -0.313 e. The lowest BCUT2D eigenvalue weighted by Crippen LogP contribution is -2.20. The fourth-order valence-corrected chi connectivity index (χ4v) is 1.75. The summed E-state index contributed by atoms with van der Waals surface area (Å²) in [7, 11) is 1.45. The van der Waals surface area contributed by atoms with Gasteiger partial charge in [0.15, 0.2) is 0 Å². The Morgan fingerprint density at radius 2 is 1.88 bits per heavy atom. The Bertz CT molecular complexity index is 519. The third-order valence-corrected chi connectivity index (χ3v) is 2.59. The number of nitrogens with zero attached hydrogens (tertiary/aromatic N) is 1. The number of carbonyl (C=O) groups excluding carboxylic acids is 1. The Labute approximate surface area is 93.3 Å². The van der Waals surface area contributed by atoms with Gasteiger partial charge in [0, 0.05) is 13.6 Å². The lowest BCUT2D eigenvalue weighted by molar-refractivity contribution is 0.184. The lowest BCUT2D eigenvalue weighted by atomic mass is 10.0. The Hall–Kier alpha value is -1.90. The molecule has 0 spiro atoms. The second-order valence-corrected chi connectivity index (χ2v) is 3.75. The van der Waals surface area contributed by atoms with Crippen molar-refractivity contribution in [3.63, 3.8) is 0 Å². The van der Waals surface area contributed by atoms with Gasteiger partial charge in [0.2, 0.25) is 0 Å². The zero-order valence-corrected chi connectivity index (χ0v) is 8.98. The smallest absolute Gasteiger partial charge is 0.313 e. The first-order chi connectivity index (χ1) is 7.68. The summed E-state index contributed by atoms with van der Waals surface area (Å²) in [6.45, 7) is 0.288. The fourth-order valence-electron chi connectivity index (χ4n) is 1.75. The molecule has 0 radical (unpaired) electrons. The van der Waals surface area contributed by atoms with Crippen LogP contribution in [0, 0.1) is 0 Å². The first-order valence-corrected chi connectivity index (χ1v) is 5.06. The van der Waals surface area contributed by atoms with Crippen LogP contribution >= 0.6 is 0 Å². The highest BCUT2D eigenvalue weighted by molar-refractivity contribution is 5.85. The summed E-state index contributed by atoms with van der Waals surface area (Å²) in [4.78, 5) is 11.6. The molecular formula is C13H12FNO. The van der Waals surface area contributed by atoms with Crippen LogP contribution in [-0.2, 0) is 6.54 Å². The minimum atomic E-state index is -1.41. The molecule has 2 aromatic rings. The number of hydrogen-bond acceptors (Lipinski definition) is 1. The van der Waals surface area contributed by atoms with E-state index in [4.69, 9.17) is 0 Å². The molecule has 2 nitrogen and oxygen atoms in total. The normalized spacial score (nSPS) is 10.4. The number of rotatable bonds is 2. The van der Waals surface area contributed by atoms with E-state index in [-0.39, 0.29) is 6.54 Å². The van der Waals surface area contributed by atoms with Gasteiger partial charge in [0.25, 0.3) is 0 Å². The molecular weight excluding hydrogens is 205 g/mol. The molecule has 0 heterocycles. The number of fused-ring (bicyclic) bond motifs is 1. The van der Waals surface area contributed by atoms with Gasteiger partial charge in [0.1, 0.15) is 0 Å². The van der Waals surface area contributed by atoms with Crippen molar-refractivity contribution >= 4 is 16.9 Å². The maximum Gasteiger partial charge on any atom is 0.400 e. The second-order valence-electron chi connectivity index (χ2n) is 3.75. The van der Waals surface area contributed by atoms with E-state index in [1.165, 1.54) is 7.05 Å². The summed E-state index contributed by atoms with van der Waals surface area (Å²) in [5.74, 6) is 0. The van der Waals surface area contributed by atoms with Crippen molar-refractivity contribution in [1.82, 2.24) is 4.90 Å². The predicted molar refractivity (Wildman–Crippen MR) is 61.9 cm³/mol. The molecule has 0 saturated carbocycles. The van der Waals surface area contributed by atoms with Crippen LogP contribution in [0.4, 0.5) is 9.18 Å². The topological polar surface area (TPSA) is 20.3 Å². The van der Waals surface area contributed by atoms with Crippen LogP contribution < -0.4 is 0 Å². The molecule has 2 rings (SSSR count). The molecule has 0 fully saturated rings. The van der Waals surface area contributed by atoms with E-state index >= 15 is 0 Å². The van der Waals surface area contributed by atoms with E-state index < -0.39 is 6.16 Å². The Morgan fingerprint density at radius 3 is 2.62 bits per heavy atom. The summed E-state index contributed by atoms with van der Waals surface area (Å²) >= 11 is 0. The van der Waals surface area contributed by atoms with E-state index in [0.29, 0.717) is 0 Å². The van der Waals surface area contributed by atoms with E-state index in [1.807, 2.05) is 42.5 Å². The summed E-state index contributed by atoms with van der Waals surface area (Å²) < 4.78 is 12.5. The number of halogens is 1. The van der Waals surface area contributed by atoms with Gasteiger partial charge in [0.05, 0.1) is 0 Å². The number of benzene rings is 2. The molecule has 0 aliphatic rings. The van der Waals surface area contributed by atoms with Crippen molar-refractivity contribution in [3.05, 3.63) is 48.0 Å². The van der Waals surface area contributed by atoms with Crippen LogP contribution in [0.2, 0.25) is 0 Å². The second kappa shape index (κ2) is 4.31. The van der Waals surface area contributed by atoms with Crippen molar-refractivity contribution in [3.8, 4) is 0 Å². The lowest BCUT2D eigenvalue weighted by Gasteiger charge is -2.13. The zero-order valence-electron chi connectivity index (χ0n) is 8.98. The SMILES string of the molecule is CN(Cc1cccc2ccccc12)C(=O)F. The van der Waals surface area contributed by atoms with E-state index in [2.05, 4.69) is 0 Å². The van der Waals surface area contributed by atoms with Crippen LogP contribution in [0.15, 0.2) is 42.5 Å². The monoisotopic (exact) mass is 217 g/mol. The van der Waals surface area contributed by atoms with Crippen LogP contribution in [0.25, 0.3) is 10.8 Å². The van der Waals surface area contributed by atoms with Gasteiger partial charge in [-0.05, 0) is 16.3 Å². The maximum atomic E-state index is 12.5. The van der Waals surface area contributed by atoms with Crippen molar-refractivity contribution < 1.29 is 9.18 Å². The molecule has 0 unspecified atom stereocenters. The molecule has 0 bridgehead atoms. The molecule has 0 saturated heterocycles. The Balaban J connectivity index is 2.41. The van der Waals surface area contributed by atoms with Gasteiger partial charge in [-0.1, -0.05) is 42.5 Å². The van der Waals surface area contributed by atoms with Gasteiger partial charge in [-0.3, -0.25) is 0 Å². The molecule has 2 aromatic carbocycles. The highest BCUT2D eigenvalue weighted by Crippen LogP contribution is 2.19. The highest BCUT2D eigenvalue weighted by atomic mass is 19.1. The number of amides is 1. The molecule has 0 aromatic heterocycles. The van der Waals surface area contributed by atoms with E-state index in [0.717, 1.165) is 21.2 Å². The Kier molecular flexibility index (Phi) is 2.86. The number of hydrogen-bond donors (Lipinski definition) is 0. The van der Waals surface area contributed by atoms with E-state index in [1.54, 1.807) is 0 Å². The van der Waals surface area contributed by atoms with Crippen molar-refractivity contribution in [2.75, 3.05) is 7.05 Å². The first-order valence-electron chi connectivity index (χ1n) is 5.06. The van der Waals surface area contributed by atoms with Crippen LogP contribution in [0.3, 0.4) is 0 Å². The van der Waals surface area contributed by atoms with Crippen LogP contribution in [0.1, 0.15) is 5.56 Å². The van der Waals surface area contributed by atoms with Gasteiger partial charge in [-0.25, -0.2) is 4.79 Å². The molecule has 0 aliphatic heterocycles. The van der Waals surface area contributed by atoms with Crippen LogP contribution in [0.5, 0.6) is 0 Å². The van der Waals surface area contributed by atoms with Crippen molar-refractivity contribution in [2.45, 2.75) is 6.54 Å². The molecule has 1 amide bonds. The fraction of sp³-hybridized carbons (Fsp3) is 0.154. The first kappa shape index (κ1) is 10.6. The largest absolute Gasteiger partial charge is 0.400 e. The summed E-state index contributed by atoms with van der Waals surface area (Å²) in [6, 6.07) is 13.7. The highest BCUT2D eigenvalue weighted by Gasteiger charge is 2.08. The molecule has 0 atom stereocenters. The minimum absolute atomic E-state index is 0.288. The quantitative estimate of drug-likeness (QED) is 0.558. The summed E-state index contributed by atoms with van der Waals surface area (Å²) in [5.41, 5.74) is 0.951. The van der Waals surface area contributed by atoms with Gasteiger partial charge in [-0.15, -0.1) is 4.39 Å². The van der Waals surface area contributed by atoms with Gasteiger partial charge in [-0.2, -0.15) is 0 Å². The molecule has 3 heteroatoms. The van der Waals surface area contributed by atoms with Crippen molar-refractivity contribution in [1.29, 1.82) is 0 Å². The summed E-state index contributed by atoms with van der Waals surface area (Å²) in [6.07, 6.45) is -1.41. The Morgan fingerprint density at radius 1 is 1.19 bits per heavy atom. The molecule has 16 heavy (non-hydrogen) atoms. The predicted octanol–water partition coefficient (Wildman–Crippen LogP) is 3.36. The third-order valence-electron chi connectivity index (χ3n) is 2.59. The van der Waals surface area contributed by atoms with Crippen LogP contribution in [-0.4, -0.2) is 18.1 Å². The van der Waals surface area contributed by atoms with E-state index in [9.17, 15) is 9.18 Å². The average Bonchev–Trinajstić information content (AvgIpc) is 2.29. The molecule has 0 N–H and O–H groups in total. The summed E-state index contributed by atoms with van der Waals surface area (Å²) in [5, 5.41) is 2.15. The maximum absolute atomic E-state index is 12.5. The molecule has 0 aliphatic carbocycles.